The fraction of sp³-hybridized carbons (Fsp3) is 0.208. The lowest BCUT2D eigenvalue weighted by atomic mass is 10.1. The number of anilines is 2. The van der Waals surface area contributed by atoms with Crippen LogP contribution in [0.25, 0.3) is 0 Å². The summed E-state index contributed by atoms with van der Waals surface area (Å²) in [7, 11) is 1.63. The standard InChI is InChI=1S/C24H23N3O3S/c1-3-27-20-11-10-17(15-21(20)31-23-19(24(27)29)8-5-13-25-23)26-22(28)12-9-16-6-4-7-18(14-16)30-2/h4-8,10-11,13-15H,3,9,12H2,1-2H3,(H,26,28). The maximum atomic E-state index is 13.0. The number of aryl methyl sites for hydroxylation is 1. The zero-order valence-corrected chi connectivity index (χ0v) is 18.2. The van der Waals surface area contributed by atoms with Gasteiger partial charge in [0.05, 0.1) is 18.4 Å². The molecule has 7 heteroatoms. The highest BCUT2D eigenvalue weighted by Gasteiger charge is 2.27. The average molecular weight is 434 g/mol. The number of fused-ring (bicyclic) bond motifs is 2. The largest absolute Gasteiger partial charge is 0.497 e. The molecular formula is C24H23N3O3S. The second kappa shape index (κ2) is 9.22. The van der Waals surface area contributed by atoms with Gasteiger partial charge in [-0.2, -0.15) is 0 Å². The van der Waals surface area contributed by atoms with Gasteiger partial charge in [0.15, 0.2) is 0 Å². The number of ether oxygens (including phenoxy) is 1. The molecule has 0 radical (unpaired) electrons. The summed E-state index contributed by atoms with van der Waals surface area (Å²) in [4.78, 5) is 32.5. The van der Waals surface area contributed by atoms with E-state index in [1.54, 1.807) is 30.3 Å². The summed E-state index contributed by atoms with van der Waals surface area (Å²) in [6.07, 6.45) is 2.67. The minimum Gasteiger partial charge on any atom is -0.497 e. The van der Waals surface area contributed by atoms with Crippen LogP contribution in [0.3, 0.4) is 0 Å². The highest BCUT2D eigenvalue weighted by atomic mass is 32.2. The lowest BCUT2D eigenvalue weighted by Gasteiger charge is -2.21. The molecule has 0 spiro atoms. The van der Waals surface area contributed by atoms with Gasteiger partial charge in [-0.05, 0) is 61.4 Å². The lowest BCUT2D eigenvalue weighted by Crippen LogP contribution is -2.30. The van der Waals surface area contributed by atoms with E-state index < -0.39 is 0 Å². The van der Waals surface area contributed by atoms with E-state index in [0.29, 0.717) is 35.7 Å². The summed E-state index contributed by atoms with van der Waals surface area (Å²) in [5.74, 6) is 0.653. The first kappa shape index (κ1) is 20.9. The number of pyridine rings is 1. The molecule has 2 amide bonds. The van der Waals surface area contributed by atoms with Crippen molar-refractivity contribution in [3.05, 3.63) is 71.9 Å². The number of rotatable bonds is 6. The van der Waals surface area contributed by atoms with Crippen LogP contribution < -0.4 is 15.0 Å². The second-order valence-corrected chi connectivity index (χ2v) is 8.12. The number of carbonyl (C=O) groups excluding carboxylic acids is 2. The highest BCUT2D eigenvalue weighted by molar-refractivity contribution is 7.99. The van der Waals surface area contributed by atoms with E-state index in [1.165, 1.54) is 11.8 Å². The Morgan fingerprint density at radius 3 is 2.84 bits per heavy atom. The molecule has 0 unspecified atom stereocenters. The molecule has 1 aliphatic rings. The Morgan fingerprint density at radius 1 is 1.16 bits per heavy atom. The predicted octanol–water partition coefficient (Wildman–Crippen LogP) is 4.79. The third-order valence-corrected chi connectivity index (χ3v) is 6.14. The van der Waals surface area contributed by atoms with Gasteiger partial charge in [-0.25, -0.2) is 4.98 Å². The molecule has 2 heterocycles. The van der Waals surface area contributed by atoms with E-state index in [1.807, 2.05) is 49.4 Å². The summed E-state index contributed by atoms with van der Waals surface area (Å²) in [5.41, 5.74) is 3.16. The molecule has 1 aliphatic heterocycles. The molecule has 4 rings (SSSR count). The Morgan fingerprint density at radius 2 is 2.03 bits per heavy atom. The Kier molecular flexibility index (Phi) is 6.23. The average Bonchev–Trinajstić information content (AvgIpc) is 2.91. The summed E-state index contributed by atoms with van der Waals surface area (Å²) in [5, 5.41) is 3.64. The number of hydrogen-bond donors (Lipinski definition) is 1. The molecule has 158 valence electrons. The number of hydrogen-bond acceptors (Lipinski definition) is 5. The molecule has 0 saturated carbocycles. The molecule has 2 aromatic carbocycles. The highest BCUT2D eigenvalue weighted by Crippen LogP contribution is 2.41. The van der Waals surface area contributed by atoms with E-state index in [9.17, 15) is 9.59 Å². The Hall–Kier alpha value is -3.32. The molecule has 1 N–H and O–H groups in total. The fourth-order valence-electron chi connectivity index (χ4n) is 3.51. The Bertz CT molecular complexity index is 1130. The van der Waals surface area contributed by atoms with Gasteiger partial charge < -0.3 is 15.0 Å². The number of nitrogens with zero attached hydrogens (tertiary/aromatic N) is 2. The zero-order valence-electron chi connectivity index (χ0n) is 17.4. The van der Waals surface area contributed by atoms with Crippen molar-refractivity contribution >= 4 is 35.0 Å². The van der Waals surface area contributed by atoms with Crippen molar-refractivity contribution in [2.45, 2.75) is 29.7 Å². The van der Waals surface area contributed by atoms with E-state index in [4.69, 9.17) is 4.74 Å². The summed E-state index contributed by atoms with van der Waals surface area (Å²) in [6, 6.07) is 16.9. The molecule has 6 nitrogen and oxygen atoms in total. The van der Waals surface area contributed by atoms with Gasteiger partial charge in [-0.15, -0.1) is 0 Å². The van der Waals surface area contributed by atoms with Gasteiger partial charge in [-0.3, -0.25) is 9.59 Å². The van der Waals surface area contributed by atoms with E-state index >= 15 is 0 Å². The molecule has 3 aromatic rings. The Labute approximate surface area is 185 Å². The van der Waals surface area contributed by atoms with Gasteiger partial charge in [-0.1, -0.05) is 23.9 Å². The molecule has 0 saturated heterocycles. The van der Waals surface area contributed by atoms with Crippen molar-refractivity contribution in [3.8, 4) is 5.75 Å². The van der Waals surface area contributed by atoms with Crippen molar-refractivity contribution in [1.82, 2.24) is 4.98 Å². The molecular weight excluding hydrogens is 410 g/mol. The minimum atomic E-state index is -0.0664. The number of amides is 2. The smallest absolute Gasteiger partial charge is 0.261 e. The van der Waals surface area contributed by atoms with Crippen LogP contribution in [0, 0.1) is 0 Å². The van der Waals surface area contributed by atoms with Crippen LogP contribution >= 0.6 is 11.8 Å². The first-order chi connectivity index (χ1) is 15.1. The summed E-state index contributed by atoms with van der Waals surface area (Å²) < 4.78 is 5.23. The number of nitrogens with one attached hydrogen (secondary N) is 1. The van der Waals surface area contributed by atoms with Crippen LogP contribution in [0.15, 0.2) is 70.7 Å². The number of methoxy groups -OCH3 is 1. The van der Waals surface area contributed by atoms with Crippen LogP contribution in [0.5, 0.6) is 5.75 Å². The summed E-state index contributed by atoms with van der Waals surface area (Å²) >= 11 is 1.44. The second-order valence-electron chi connectivity index (χ2n) is 7.09. The maximum absolute atomic E-state index is 13.0. The minimum absolute atomic E-state index is 0.0630. The number of carbonyl (C=O) groups is 2. The maximum Gasteiger partial charge on any atom is 0.261 e. The number of benzene rings is 2. The zero-order chi connectivity index (χ0) is 21.8. The van der Waals surface area contributed by atoms with Gasteiger partial charge in [0.2, 0.25) is 5.91 Å². The first-order valence-electron chi connectivity index (χ1n) is 10.1. The quantitative estimate of drug-likeness (QED) is 0.605. The third-order valence-electron chi connectivity index (χ3n) is 5.08. The molecule has 31 heavy (non-hydrogen) atoms. The van der Waals surface area contributed by atoms with Crippen molar-refractivity contribution in [1.29, 1.82) is 0 Å². The van der Waals surface area contributed by atoms with Crippen LogP contribution in [-0.2, 0) is 11.2 Å². The van der Waals surface area contributed by atoms with Gasteiger partial charge in [0.1, 0.15) is 10.8 Å². The van der Waals surface area contributed by atoms with Crippen molar-refractivity contribution in [3.63, 3.8) is 0 Å². The number of aromatic nitrogens is 1. The van der Waals surface area contributed by atoms with Crippen molar-refractivity contribution in [2.75, 3.05) is 23.9 Å². The topological polar surface area (TPSA) is 71.5 Å². The van der Waals surface area contributed by atoms with Crippen LogP contribution in [-0.4, -0.2) is 30.5 Å². The fourth-order valence-corrected chi connectivity index (χ4v) is 4.57. The summed E-state index contributed by atoms with van der Waals surface area (Å²) in [6.45, 7) is 2.49. The van der Waals surface area contributed by atoms with Gasteiger partial charge >= 0.3 is 0 Å². The van der Waals surface area contributed by atoms with Crippen LogP contribution in [0.2, 0.25) is 0 Å². The Balaban J connectivity index is 1.51. The normalized spacial score (nSPS) is 12.6. The van der Waals surface area contributed by atoms with E-state index in [-0.39, 0.29) is 11.8 Å². The van der Waals surface area contributed by atoms with Crippen LogP contribution in [0.4, 0.5) is 11.4 Å². The molecule has 0 aliphatic carbocycles. The van der Waals surface area contributed by atoms with Crippen molar-refractivity contribution in [2.24, 2.45) is 0 Å². The van der Waals surface area contributed by atoms with Gasteiger partial charge in [0.25, 0.3) is 5.91 Å². The predicted molar refractivity (Wildman–Crippen MR) is 122 cm³/mol. The van der Waals surface area contributed by atoms with Crippen molar-refractivity contribution < 1.29 is 14.3 Å². The third kappa shape index (κ3) is 4.56. The first-order valence-corrected chi connectivity index (χ1v) is 10.9. The van der Waals surface area contributed by atoms with E-state index in [2.05, 4.69) is 10.3 Å². The molecule has 0 fully saturated rings. The van der Waals surface area contributed by atoms with E-state index in [0.717, 1.165) is 21.9 Å². The van der Waals surface area contributed by atoms with Crippen LogP contribution in [0.1, 0.15) is 29.3 Å². The molecule has 1 aromatic heterocycles. The lowest BCUT2D eigenvalue weighted by molar-refractivity contribution is -0.116. The SMILES string of the molecule is CCN1C(=O)c2cccnc2Sc2cc(NC(=O)CCc3cccc(OC)c3)ccc21. The van der Waals surface area contributed by atoms with Gasteiger partial charge in [0, 0.05) is 29.7 Å². The monoisotopic (exact) mass is 433 g/mol. The molecule has 0 atom stereocenters. The molecule has 0 bridgehead atoms.